The van der Waals surface area contributed by atoms with Crippen molar-refractivity contribution < 1.29 is 18.7 Å². The number of carbonyl (C=O) groups is 2. The summed E-state index contributed by atoms with van der Waals surface area (Å²) in [6.07, 6.45) is 5.14. The first-order valence-corrected chi connectivity index (χ1v) is 10.6. The van der Waals surface area contributed by atoms with Crippen molar-refractivity contribution in [3.05, 3.63) is 59.9 Å². The fraction of sp³-hybridized carbons (Fsp3) is 0.391. The van der Waals surface area contributed by atoms with Gasteiger partial charge in [0.25, 0.3) is 0 Å². The van der Waals surface area contributed by atoms with Crippen molar-refractivity contribution in [1.29, 1.82) is 0 Å². The number of methoxy groups -OCH3 is 1. The average molecular weight is 433 g/mol. The van der Waals surface area contributed by atoms with Crippen LogP contribution in [0.15, 0.2) is 48.5 Å². The second-order valence-electron chi connectivity index (χ2n) is 7.39. The summed E-state index contributed by atoms with van der Waals surface area (Å²) in [4.78, 5) is 27.6. The molecule has 1 aliphatic carbocycles. The van der Waals surface area contributed by atoms with Gasteiger partial charge in [0.1, 0.15) is 23.5 Å². The van der Waals surface area contributed by atoms with Crippen LogP contribution >= 0.6 is 11.6 Å². The lowest BCUT2D eigenvalue weighted by Gasteiger charge is -2.33. The quantitative estimate of drug-likeness (QED) is 0.650. The molecule has 2 aromatic rings. The molecular formula is C23H26ClFN2O3. The summed E-state index contributed by atoms with van der Waals surface area (Å²) >= 11 is 5.89. The predicted molar refractivity (Wildman–Crippen MR) is 115 cm³/mol. The van der Waals surface area contributed by atoms with E-state index in [4.69, 9.17) is 16.3 Å². The van der Waals surface area contributed by atoms with Gasteiger partial charge in [0.2, 0.25) is 11.8 Å². The summed E-state index contributed by atoms with van der Waals surface area (Å²) in [5.41, 5.74) is 1.02. The molecule has 30 heavy (non-hydrogen) atoms. The minimum absolute atomic E-state index is 0.0770. The molecule has 1 N–H and O–H groups in total. The van der Waals surface area contributed by atoms with Crippen LogP contribution in [0.25, 0.3) is 0 Å². The molecule has 1 saturated carbocycles. The van der Waals surface area contributed by atoms with E-state index in [0.29, 0.717) is 17.0 Å². The third-order valence-corrected chi connectivity index (χ3v) is 5.61. The molecule has 0 heterocycles. The zero-order valence-electron chi connectivity index (χ0n) is 16.9. The number of rotatable bonds is 7. The topological polar surface area (TPSA) is 58.6 Å². The van der Waals surface area contributed by atoms with Crippen molar-refractivity contribution in [3.8, 4) is 5.75 Å². The first-order valence-electron chi connectivity index (χ1n) is 10.1. The van der Waals surface area contributed by atoms with Gasteiger partial charge in [-0.05, 0) is 54.8 Å². The van der Waals surface area contributed by atoms with Crippen LogP contribution in [0.1, 0.15) is 43.7 Å². The number of hydrogen-bond acceptors (Lipinski definition) is 3. The maximum absolute atomic E-state index is 13.5. The zero-order chi connectivity index (χ0) is 21.5. The number of alkyl halides is 1. The van der Waals surface area contributed by atoms with Gasteiger partial charge in [-0.25, -0.2) is 4.39 Å². The molecule has 3 rings (SSSR count). The first-order chi connectivity index (χ1) is 14.5. The van der Waals surface area contributed by atoms with Crippen molar-refractivity contribution >= 4 is 29.1 Å². The van der Waals surface area contributed by atoms with Crippen molar-refractivity contribution in [2.24, 2.45) is 0 Å². The third kappa shape index (κ3) is 5.30. The van der Waals surface area contributed by atoms with Gasteiger partial charge in [-0.1, -0.05) is 31.4 Å². The van der Waals surface area contributed by atoms with Crippen LogP contribution in [0.4, 0.5) is 10.1 Å². The van der Waals surface area contributed by atoms with Crippen LogP contribution in [-0.2, 0) is 9.59 Å². The number of benzene rings is 2. The number of nitrogens with zero attached hydrogens (tertiary/aromatic N) is 1. The standard InChI is InChI=1S/C23H26ClFN2O3/c1-30-20-13-7-16(8-14-20)22(23(29)26-18-5-3-2-4-6-18)27(21(28)15-24)19-11-9-17(25)10-12-19/h7-14,18,22H,2-6,15H2,1H3,(H,26,29)/t22-/m0/s1. The van der Waals surface area contributed by atoms with Crippen molar-refractivity contribution in [3.63, 3.8) is 0 Å². The Morgan fingerprint density at radius 1 is 1.10 bits per heavy atom. The smallest absolute Gasteiger partial charge is 0.248 e. The van der Waals surface area contributed by atoms with Gasteiger partial charge in [0.15, 0.2) is 0 Å². The Hall–Kier alpha value is -2.60. The maximum atomic E-state index is 13.5. The van der Waals surface area contributed by atoms with Crippen LogP contribution in [0.5, 0.6) is 5.75 Å². The Morgan fingerprint density at radius 2 is 1.73 bits per heavy atom. The first kappa shape index (κ1) is 22.1. The number of amides is 2. The third-order valence-electron chi connectivity index (χ3n) is 5.38. The van der Waals surface area contributed by atoms with E-state index in [9.17, 15) is 14.0 Å². The van der Waals surface area contributed by atoms with Crippen molar-refractivity contribution in [2.75, 3.05) is 17.9 Å². The molecule has 0 aliphatic heterocycles. The second-order valence-corrected chi connectivity index (χ2v) is 7.66. The average Bonchev–Trinajstić information content (AvgIpc) is 2.78. The summed E-state index contributed by atoms with van der Waals surface area (Å²) in [7, 11) is 1.56. The molecule has 160 valence electrons. The van der Waals surface area contributed by atoms with Gasteiger partial charge in [-0.2, -0.15) is 0 Å². The van der Waals surface area contributed by atoms with Gasteiger partial charge < -0.3 is 10.1 Å². The highest BCUT2D eigenvalue weighted by atomic mass is 35.5. The summed E-state index contributed by atoms with van der Waals surface area (Å²) < 4.78 is 18.7. The highest BCUT2D eigenvalue weighted by molar-refractivity contribution is 6.29. The fourth-order valence-electron chi connectivity index (χ4n) is 3.83. The molecule has 5 nitrogen and oxygen atoms in total. The lowest BCUT2D eigenvalue weighted by atomic mass is 9.94. The minimum atomic E-state index is -0.936. The van der Waals surface area contributed by atoms with Crippen LogP contribution in [-0.4, -0.2) is 30.8 Å². The minimum Gasteiger partial charge on any atom is -0.497 e. The lowest BCUT2D eigenvalue weighted by Crippen LogP contribution is -2.47. The van der Waals surface area contributed by atoms with Crippen molar-refractivity contribution in [2.45, 2.75) is 44.2 Å². The molecule has 1 aliphatic rings. The Kier molecular flexibility index (Phi) is 7.69. The Bertz CT molecular complexity index is 852. The summed E-state index contributed by atoms with van der Waals surface area (Å²) in [6.45, 7) is 0. The summed E-state index contributed by atoms with van der Waals surface area (Å²) in [5.74, 6) is -0.814. The molecule has 1 atom stereocenters. The number of hydrogen-bond donors (Lipinski definition) is 1. The van der Waals surface area contributed by atoms with E-state index in [0.717, 1.165) is 25.7 Å². The number of ether oxygens (including phenoxy) is 1. The number of anilines is 1. The molecule has 0 radical (unpaired) electrons. The Labute approximate surface area is 181 Å². The van der Waals surface area contributed by atoms with Crippen molar-refractivity contribution in [1.82, 2.24) is 5.32 Å². The molecule has 2 amide bonds. The molecule has 0 saturated heterocycles. The summed E-state index contributed by atoms with van der Waals surface area (Å²) in [5, 5.41) is 3.11. The van der Waals surface area contributed by atoms with E-state index >= 15 is 0 Å². The molecule has 0 aromatic heterocycles. The zero-order valence-corrected chi connectivity index (χ0v) is 17.7. The largest absolute Gasteiger partial charge is 0.497 e. The van der Waals surface area contributed by atoms with Crippen LogP contribution in [0.2, 0.25) is 0 Å². The van der Waals surface area contributed by atoms with E-state index in [1.807, 2.05) is 0 Å². The molecule has 0 unspecified atom stereocenters. The highest BCUT2D eigenvalue weighted by Gasteiger charge is 2.33. The van der Waals surface area contributed by atoms with Crippen LogP contribution in [0.3, 0.4) is 0 Å². The van der Waals surface area contributed by atoms with Gasteiger partial charge in [-0.3, -0.25) is 14.5 Å². The molecule has 7 heteroatoms. The predicted octanol–water partition coefficient (Wildman–Crippen LogP) is 4.60. The van der Waals surface area contributed by atoms with Gasteiger partial charge in [0.05, 0.1) is 7.11 Å². The second kappa shape index (κ2) is 10.4. The van der Waals surface area contributed by atoms with E-state index in [1.54, 1.807) is 31.4 Å². The highest BCUT2D eigenvalue weighted by Crippen LogP contribution is 2.30. The van der Waals surface area contributed by atoms with E-state index in [2.05, 4.69) is 5.32 Å². The molecule has 0 bridgehead atoms. The number of carbonyl (C=O) groups excluding carboxylic acids is 2. The normalized spacial score (nSPS) is 15.3. The van der Waals surface area contributed by atoms with Gasteiger partial charge in [0, 0.05) is 11.7 Å². The van der Waals surface area contributed by atoms with Gasteiger partial charge in [-0.15, -0.1) is 11.6 Å². The molecular weight excluding hydrogens is 407 g/mol. The fourth-order valence-corrected chi connectivity index (χ4v) is 3.96. The molecule has 1 fully saturated rings. The Balaban J connectivity index is 2.00. The van der Waals surface area contributed by atoms with Crippen LogP contribution < -0.4 is 15.0 Å². The molecule has 0 spiro atoms. The maximum Gasteiger partial charge on any atom is 0.248 e. The lowest BCUT2D eigenvalue weighted by molar-refractivity contribution is -0.126. The van der Waals surface area contributed by atoms with E-state index in [1.165, 1.54) is 35.6 Å². The van der Waals surface area contributed by atoms with Gasteiger partial charge >= 0.3 is 0 Å². The number of halogens is 2. The van der Waals surface area contributed by atoms with Crippen LogP contribution in [0, 0.1) is 5.82 Å². The SMILES string of the molecule is COc1ccc([C@@H](C(=O)NC2CCCCC2)N(C(=O)CCl)c2ccc(F)cc2)cc1. The molecule has 2 aromatic carbocycles. The van der Waals surface area contributed by atoms with E-state index in [-0.39, 0.29) is 17.8 Å². The number of nitrogens with one attached hydrogen (secondary N) is 1. The van der Waals surface area contributed by atoms with E-state index < -0.39 is 17.8 Å². The Morgan fingerprint density at radius 3 is 2.30 bits per heavy atom. The summed E-state index contributed by atoms with van der Waals surface area (Å²) in [6, 6.07) is 11.6. The monoisotopic (exact) mass is 432 g/mol.